The molecule has 0 aromatic heterocycles. The van der Waals surface area contributed by atoms with E-state index >= 15 is 0 Å². The Bertz CT molecular complexity index is 613. The van der Waals surface area contributed by atoms with Crippen LogP contribution in [0.15, 0.2) is 18.2 Å². The van der Waals surface area contributed by atoms with Crippen LogP contribution in [0.4, 0.5) is 11.4 Å². The van der Waals surface area contributed by atoms with Gasteiger partial charge < -0.3 is 9.64 Å². The van der Waals surface area contributed by atoms with Gasteiger partial charge in [-0.2, -0.15) is 5.26 Å². The summed E-state index contributed by atoms with van der Waals surface area (Å²) in [5, 5.41) is 20.0. The summed E-state index contributed by atoms with van der Waals surface area (Å²) in [5.74, 6) is 0. The predicted octanol–water partition coefficient (Wildman–Crippen LogP) is 0.986. The molecule has 0 amide bonds. The largest absolute Gasteiger partial charge is 0.373 e. The molecule has 2 atom stereocenters. The van der Waals surface area contributed by atoms with Crippen molar-refractivity contribution in [3.63, 3.8) is 0 Å². The number of fused-ring (bicyclic) bond motifs is 1. The number of anilines is 1. The Balaban J connectivity index is 1.85. The highest BCUT2D eigenvalue weighted by Crippen LogP contribution is 2.29. The zero-order valence-electron chi connectivity index (χ0n) is 11.7. The minimum absolute atomic E-state index is 0.0987. The molecule has 0 N–H and O–H groups in total. The number of nitro benzene ring substituents is 1. The van der Waals surface area contributed by atoms with Crippen molar-refractivity contribution in [3.8, 4) is 6.07 Å². The molecular weight excluding hydrogens is 272 g/mol. The fourth-order valence-electron chi connectivity index (χ4n) is 3.04. The Kier molecular flexibility index (Phi) is 3.49. The van der Waals surface area contributed by atoms with Crippen LogP contribution in [-0.2, 0) is 4.74 Å². The van der Waals surface area contributed by atoms with Gasteiger partial charge in [-0.15, -0.1) is 0 Å². The molecular formula is C14H16N4O3. The van der Waals surface area contributed by atoms with Crippen LogP contribution in [0, 0.1) is 21.4 Å². The molecule has 0 spiro atoms. The lowest BCUT2D eigenvalue weighted by Crippen LogP contribution is -2.48. The van der Waals surface area contributed by atoms with Gasteiger partial charge in [0, 0.05) is 31.4 Å². The molecule has 7 heteroatoms. The number of nitrogens with zero attached hydrogens (tertiary/aromatic N) is 4. The van der Waals surface area contributed by atoms with Crippen molar-refractivity contribution in [2.75, 3.05) is 38.2 Å². The summed E-state index contributed by atoms with van der Waals surface area (Å²) in [6.45, 7) is 3.20. The van der Waals surface area contributed by atoms with Crippen molar-refractivity contribution in [2.45, 2.75) is 12.1 Å². The maximum absolute atomic E-state index is 10.9. The average molecular weight is 288 g/mol. The molecule has 2 aliphatic rings. The first-order valence-electron chi connectivity index (χ1n) is 6.85. The van der Waals surface area contributed by atoms with Gasteiger partial charge in [-0.1, -0.05) is 0 Å². The summed E-state index contributed by atoms with van der Waals surface area (Å²) in [5.41, 5.74) is 0.788. The van der Waals surface area contributed by atoms with Gasteiger partial charge in [-0.3, -0.25) is 15.0 Å². The Morgan fingerprint density at radius 3 is 2.95 bits per heavy atom. The van der Waals surface area contributed by atoms with E-state index in [2.05, 4.69) is 16.8 Å². The highest BCUT2D eigenvalue weighted by molar-refractivity contribution is 5.60. The number of hydrogen-bond donors (Lipinski definition) is 0. The molecule has 2 fully saturated rings. The lowest BCUT2D eigenvalue weighted by molar-refractivity contribution is -0.385. The Morgan fingerprint density at radius 1 is 1.48 bits per heavy atom. The third-order valence-corrected chi connectivity index (χ3v) is 4.24. The molecule has 7 nitrogen and oxygen atoms in total. The standard InChI is InChI=1S/C14H16N4O3/c1-16-4-5-21-14-9-17(8-13(14)16)11-2-3-12(18(19)20)10(6-11)7-15/h2-3,6,13-14H,4-5,8-9H2,1H3. The van der Waals surface area contributed by atoms with Crippen LogP contribution in [-0.4, -0.2) is 55.3 Å². The summed E-state index contributed by atoms with van der Waals surface area (Å²) in [6.07, 6.45) is 0.157. The van der Waals surface area contributed by atoms with Gasteiger partial charge in [0.2, 0.25) is 0 Å². The van der Waals surface area contributed by atoms with Crippen LogP contribution in [0.5, 0.6) is 0 Å². The van der Waals surface area contributed by atoms with Crippen molar-refractivity contribution in [1.82, 2.24) is 4.90 Å². The predicted molar refractivity (Wildman–Crippen MR) is 76.2 cm³/mol. The molecule has 0 radical (unpaired) electrons. The fraction of sp³-hybridized carbons (Fsp3) is 0.500. The van der Waals surface area contributed by atoms with E-state index in [0.29, 0.717) is 6.04 Å². The topological polar surface area (TPSA) is 82.6 Å². The van der Waals surface area contributed by atoms with E-state index < -0.39 is 4.92 Å². The molecule has 2 aliphatic heterocycles. The van der Waals surface area contributed by atoms with Crippen molar-refractivity contribution < 1.29 is 9.66 Å². The molecule has 2 heterocycles. The van der Waals surface area contributed by atoms with Crippen LogP contribution in [0.1, 0.15) is 5.56 Å². The molecule has 21 heavy (non-hydrogen) atoms. The molecule has 110 valence electrons. The summed E-state index contributed by atoms with van der Waals surface area (Å²) >= 11 is 0. The van der Waals surface area contributed by atoms with Crippen molar-refractivity contribution in [3.05, 3.63) is 33.9 Å². The third kappa shape index (κ3) is 2.44. The molecule has 0 aliphatic carbocycles. The van der Waals surface area contributed by atoms with E-state index in [0.717, 1.165) is 31.9 Å². The third-order valence-electron chi connectivity index (χ3n) is 4.24. The number of likely N-dealkylation sites (N-methyl/N-ethyl adjacent to an activating group) is 1. The first-order valence-corrected chi connectivity index (χ1v) is 6.85. The summed E-state index contributed by atoms with van der Waals surface area (Å²) in [6, 6.07) is 6.94. The van der Waals surface area contributed by atoms with Crippen LogP contribution < -0.4 is 4.90 Å². The Labute approximate surface area is 122 Å². The SMILES string of the molecule is CN1CCOC2CN(c3ccc([N+](=O)[O-])c(C#N)c3)CC21. The zero-order chi connectivity index (χ0) is 15.0. The number of hydrogen-bond acceptors (Lipinski definition) is 6. The van der Waals surface area contributed by atoms with E-state index in [1.54, 1.807) is 12.1 Å². The van der Waals surface area contributed by atoms with Gasteiger partial charge in [0.1, 0.15) is 11.6 Å². The van der Waals surface area contributed by atoms with Gasteiger partial charge in [0.15, 0.2) is 0 Å². The van der Waals surface area contributed by atoms with E-state index in [9.17, 15) is 10.1 Å². The molecule has 2 saturated heterocycles. The van der Waals surface area contributed by atoms with Gasteiger partial charge >= 0.3 is 0 Å². The molecule has 1 aromatic carbocycles. The lowest BCUT2D eigenvalue weighted by Gasteiger charge is -2.33. The van der Waals surface area contributed by atoms with Gasteiger partial charge in [-0.25, -0.2) is 0 Å². The Morgan fingerprint density at radius 2 is 2.29 bits per heavy atom. The first-order chi connectivity index (χ1) is 10.1. The maximum atomic E-state index is 10.9. The minimum atomic E-state index is -0.525. The Hall–Kier alpha value is -2.17. The second-order valence-corrected chi connectivity index (χ2v) is 5.43. The maximum Gasteiger partial charge on any atom is 0.287 e. The van der Waals surface area contributed by atoms with Gasteiger partial charge in [-0.05, 0) is 19.2 Å². The molecule has 0 saturated carbocycles. The smallest absolute Gasteiger partial charge is 0.287 e. The van der Waals surface area contributed by atoms with Crippen LogP contribution in [0.3, 0.4) is 0 Å². The number of ether oxygens (including phenoxy) is 1. The normalized spacial score (nSPS) is 25.4. The number of benzene rings is 1. The van der Waals surface area contributed by atoms with E-state index in [-0.39, 0.29) is 17.4 Å². The number of nitriles is 1. The van der Waals surface area contributed by atoms with Crippen LogP contribution in [0.2, 0.25) is 0 Å². The monoisotopic (exact) mass is 288 g/mol. The molecule has 1 aromatic rings. The number of morpholine rings is 1. The number of nitro groups is 1. The van der Waals surface area contributed by atoms with Gasteiger partial charge in [0.25, 0.3) is 5.69 Å². The first kappa shape index (κ1) is 13.8. The quantitative estimate of drug-likeness (QED) is 0.596. The van der Waals surface area contributed by atoms with Gasteiger partial charge in [0.05, 0.1) is 23.7 Å². The highest BCUT2D eigenvalue weighted by atomic mass is 16.6. The van der Waals surface area contributed by atoms with E-state index in [4.69, 9.17) is 10.00 Å². The second-order valence-electron chi connectivity index (χ2n) is 5.43. The van der Waals surface area contributed by atoms with Crippen molar-refractivity contribution in [2.24, 2.45) is 0 Å². The summed E-state index contributed by atoms with van der Waals surface area (Å²) in [4.78, 5) is 14.8. The summed E-state index contributed by atoms with van der Waals surface area (Å²) < 4.78 is 5.79. The second kappa shape index (κ2) is 5.31. The van der Waals surface area contributed by atoms with Crippen molar-refractivity contribution >= 4 is 11.4 Å². The molecule has 3 rings (SSSR count). The van der Waals surface area contributed by atoms with Crippen LogP contribution in [0.25, 0.3) is 0 Å². The highest BCUT2D eigenvalue weighted by Gasteiger charge is 2.38. The van der Waals surface area contributed by atoms with E-state index in [1.807, 2.05) is 6.07 Å². The average Bonchev–Trinajstić information content (AvgIpc) is 2.92. The summed E-state index contributed by atoms with van der Waals surface area (Å²) in [7, 11) is 2.08. The molecule has 0 bridgehead atoms. The minimum Gasteiger partial charge on any atom is -0.373 e. The fourth-order valence-corrected chi connectivity index (χ4v) is 3.04. The lowest BCUT2D eigenvalue weighted by atomic mass is 10.1. The molecule has 2 unspecified atom stereocenters. The van der Waals surface area contributed by atoms with Crippen LogP contribution >= 0.6 is 0 Å². The van der Waals surface area contributed by atoms with E-state index in [1.165, 1.54) is 6.07 Å². The zero-order valence-corrected chi connectivity index (χ0v) is 11.7. The number of rotatable bonds is 2. The van der Waals surface area contributed by atoms with Crippen molar-refractivity contribution in [1.29, 1.82) is 5.26 Å².